The molecule has 0 bridgehead atoms. The largest absolute Gasteiger partial charge is 0.461 e. The number of carbonyl (C=O) groups excluding carboxylic acids is 1. The summed E-state index contributed by atoms with van der Waals surface area (Å²) in [7, 11) is 0. The smallest absolute Gasteiger partial charge is 0.322 e. The summed E-state index contributed by atoms with van der Waals surface area (Å²) in [5.74, 6) is 0.471. The standard InChI is InChI=1S/C25H32N8O4/c1-25(14-35-15-25)13-27-22(34)21-28-23(30-24(29-21)37-12-17-4-3-11-36-17)33-9-6-16(7-10-33)19-18-5-2-8-26-20(18)32-31-19/h2,5,8,16-17H,3-4,6-7,9-15H2,1H3,(H,27,34)(H,26,31,32)/t17-/m1/s1. The zero-order chi connectivity index (χ0) is 25.2. The average molecular weight is 509 g/mol. The zero-order valence-electron chi connectivity index (χ0n) is 21.0. The molecule has 3 aromatic rings. The fourth-order valence-electron chi connectivity index (χ4n) is 5.06. The second-order valence-electron chi connectivity index (χ2n) is 10.4. The maximum atomic E-state index is 13.0. The Bertz CT molecular complexity index is 1250. The summed E-state index contributed by atoms with van der Waals surface area (Å²) >= 11 is 0. The molecule has 1 atom stereocenters. The van der Waals surface area contributed by atoms with Gasteiger partial charge < -0.3 is 24.4 Å². The number of nitrogens with zero attached hydrogens (tertiary/aromatic N) is 6. The highest BCUT2D eigenvalue weighted by Gasteiger charge is 2.34. The summed E-state index contributed by atoms with van der Waals surface area (Å²) in [5.41, 5.74) is 1.80. The van der Waals surface area contributed by atoms with Crippen molar-refractivity contribution in [2.75, 3.05) is 51.0 Å². The first-order chi connectivity index (χ1) is 18.1. The molecule has 12 nitrogen and oxygen atoms in total. The van der Waals surface area contributed by atoms with Gasteiger partial charge in [0.2, 0.25) is 11.8 Å². The highest BCUT2D eigenvalue weighted by atomic mass is 16.5. The van der Waals surface area contributed by atoms with E-state index in [0.717, 1.165) is 62.1 Å². The SMILES string of the molecule is CC1(CNC(=O)c2nc(OC[C@H]3CCCO3)nc(N3CCC(c4n[nH]c5ncccc45)CC3)n2)COC1. The Morgan fingerprint density at radius 3 is 2.86 bits per heavy atom. The fourth-order valence-corrected chi connectivity index (χ4v) is 5.06. The summed E-state index contributed by atoms with van der Waals surface area (Å²) in [6.45, 7) is 6.37. The molecule has 6 rings (SSSR count). The maximum absolute atomic E-state index is 13.0. The van der Waals surface area contributed by atoms with Crippen LogP contribution in [0.5, 0.6) is 6.01 Å². The molecule has 196 valence electrons. The number of amides is 1. The predicted octanol–water partition coefficient (Wildman–Crippen LogP) is 1.85. The normalized spacial score (nSPS) is 21.6. The quantitative estimate of drug-likeness (QED) is 0.463. The zero-order valence-corrected chi connectivity index (χ0v) is 21.0. The lowest BCUT2D eigenvalue weighted by atomic mass is 9.89. The van der Waals surface area contributed by atoms with Gasteiger partial charge in [0, 0.05) is 49.2 Å². The third-order valence-corrected chi connectivity index (χ3v) is 7.34. The van der Waals surface area contributed by atoms with Crippen molar-refractivity contribution in [1.82, 2.24) is 35.5 Å². The Kier molecular flexibility index (Phi) is 6.59. The molecule has 3 fully saturated rings. The molecule has 0 aliphatic carbocycles. The van der Waals surface area contributed by atoms with Crippen molar-refractivity contribution in [2.45, 2.75) is 44.6 Å². The van der Waals surface area contributed by atoms with Crippen molar-refractivity contribution in [3.63, 3.8) is 0 Å². The van der Waals surface area contributed by atoms with Crippen LogP contribution in [0.1, 0.15) is 54.8 Å². The Morgan fingerprint density at radius 2 is 2.11 bits per heavy atom. The van der Waals surface area contributed by atoms with Gasteiger partial charge in [-0.15, -0.1) is 0 Å². The molecule has 0 unspecified atom stereocenters. The molecule has 3 aliphatic rings. The number of H-pyrrole nitrogens is 1. The summed E-state index contributed by atoms with van der Waals surface area (Å²) in [6.07, 6.45) is 5.50. The second-order valence-corrected chi connectivity index (χ2v) is 10.4. The molecule has 0 saturated carbocycles. The van der Waals surface area contributed by atoms with E-state index in [4.69, 9.17) is 14.2 Å². The summed E-state index contributed by atoms with van der Waals surface area (Å²) in [5, 5.41) is 11.6. The van der Waals surface area contributed by atoms with Gasteiger partial charge in [-0.3, -0.25) is 9.89 Å². The highest BCUT2D eigenvalue weighted by Crippen LogP contribution is 2.32. The fraction of sp³-hybridized carbons (Fsp3) is 0.600. The molecule has 0 radical (unpaired) electrons. The van der Waals surface area contributed by atoms with E-state index < -0.39 is 0 Å². The minimum absolute atomic E-state index is 0.0185. The van der Waals surface area contributed by atoms with Crippen LogP contribution >= 0.6 is 0 Å². The van der Waals surface area contributed by atoms with Crippen LogP contribution in [0.3, 0.4) is 0 Å². The minimum atomic E-state index is -0.343. The van der Waals surface area contributed by atoms with Crippen LogP contribution in [-0.4, -0.2) is 88.2 Å². The number of fused-ring (bicyclic) bond motifs is 1. The molecule has 37 heavy (non-hydrogen) atoms. The predicted molar refractivity (Wildman–Crippen MR) is 134 cm³/mol. The number of anilines is 1. The highest BCUT2D eigenvalue weighted by molar-refractivity contribution is 5.90. The van der Waals surface area contributed by atoms with E-state index in [2.05, 4.69) is 53.3 Å². The molecule has 2 N–H and O–H groups in total. The summed E-state index contributed by atoms with van der Waals surface area (Å²) < 4.78 is 16.8. The van der Waals surface area contributed by atoms with Crippen molar-refractivity contribution >= 4 is 22.9 Å². The van der Waals surface area contributed by atoms with E-state index >= 15 is 0 Å². The van der Waals surface area contributed by atoms with Crippen molar-refractivity contribution in [3.8, 4) is 6.01 Å². The first-order valence-electron chi connectivity index (χ1n) is 13.0. The van der Waals surface area contributed by atoms with Crippen molar-refractivity contribution in [2.24, 2.45) is 5.41 Å². The number of carbonyl (C=O) groups is 1. The van der Waals surface area contributed by atoms with Crippen molar-refractivity contribution in [3.05, 3.63) is 29.8 Å². The maximum Gasteiger partial charge on any atom is 0.322 e. The lowest BCUT2D eigenvalue weighted by Crippen LogP contribution is -2.48. The molecular formula is C25H32N8O4. The van der Waals surface area contributed by atoms with Crippen LogP contribution in [0.15, 0.2) is 18.3 Å². The second kappa shape index (κ2) is 10.2. The van der Waals surface area contributed by atoms with Crippen LogP contribution in [0.2, 0.25) is 0 Å². The molecule has 0 spiro atoms. The number of ether oxygens (including phenoxy) is 3. The molecule has 3 aliphatic heterocycles. The van der Waals surface area contributed by atoms with Gasteiger partial charge in [0.25, 0.3) is 5.91 Å². The number of nitrogens with one attached hydrogen (secondary N) is 2. The molecule has 3 aromatic heterocycles. The number of hydrogen-bond acceptors (Lipinski definition) is 10. The van der Waals surface area contributed by atoms with Gasteiger partial charge in [-0.25, -0.2) is 4.98 Å². The van der Waals surface area contributed by atoms with Crippen LogP contribution in [0.25, 0.3) is 11.0 Å². The molecule has 0 aromatic carbocycles. The lowest BCUT2D eigenvalue weighted by Gasteiger charge is -2.37. The van der Waals surface area contributed by atoms with Crippen molar-refractivity contribution in [1.29, 1.82) is 0 Å². The van der Waals surface area contributed by atoms with Crippen molar-refractivity contribution < 1.29 is 19.0 Å². The van der Waals surface area contributed by atoms with Gasteiger partial charge in [0.15, 0.2) is 5.65 Å². The number of aromatic nitrogens is 6. The third-order valence-electron chi connectivity index (χ3n) is 7.34. The van der Waals surface area contributed by atoms with E-state index in [1.807, 2.05) is 6.07 Å². The molecule has 1 amide bonds. The van der Waals surface area contributed by atoms with Gasteiger partial charge in [0.05, 0.1) is 25.0 Å². The van der Waals surface area contributed by atoms with Crippen LogP contribution in [0, 0.1) is 5.41 Å². The van der Waals surface area contributed by atoms with Crippen LogP contribution in [0.4, 0.5) is 5.95 Å². The van der Waals surface area contributed by atoms with Gasteiger partial charge >= 0.3 is 6.01 Å². The molecule has 12 heteroatoms. The molecule has 6 heterocycles. The lowest BCUT2D eigenvalue weighted by molar-refractivity contribution is -0.0978. The monoisotopic (exact) mass is 508 g/mol. The van der Waals surface area contributed by atoms with E-state index in [1.165, 1.54) is 0 Å². The first kappa shape index (κ1) is 24.0. The van der Waals surface area contributed by atoms with E-state index in [-0.39, 0.29) is 29.3 Å². The van der Waals surface area contributed by atoms with Crippen LogP contribution < -0.4 is 15.0 Å². The van der Waals surface area contributed by atoms with E-state index in [1.54, 1.807) is 6.20 Å². The summed E-state index contributed by atoms with van der Waals surface area (Å²) in [4.78, 5) is 32.9. The van der Waals surface area contributed by atoms with Crippen LogP contribution in [-0.2, 0) is 9.47 Å². The Hall–Kier alpha value is -3.38. The minimum Gasteiger partial charge on any atom is -0.461 e. The molecule has 3 saturated heterocycles. The number of aromatic amines is 1. The topological polar surface area (TPSA) is 140 Å². The van der Waals surface area contributed by atoms with Gasteiger partial charge in [-0.2, -0.15) is 20.1 Å². The number of pyridine rings is 1. The number of hydrogen-bond donors (Lipinski definition) is 2. The van der Waals surface area contributed by atoms with Gasteiger partial charge in [-0.05, 0) is 37.8 Å². The number of piperidine rings is 1. The van der Waals surface area contributed by atoms with E-state index in [0.29, 0.717) is 38.2 Å². The summed E-state index contributed by atoms with van der Waals surface area (Å²) in [6, 6.07) is 4.14. The van der Waals surface area contributed by atoms with Gasteiger partial charge in [-0.1, -0.05) is 6.92 Å². The Balaban J connectivity index is 1.17. The first-order valence-corrected chi connectivity index (χ1v) is 13.0. The Labute approximate surface area is 214 Å². The van der Waals surface area contributed by atoms with Gasteiger partial charge in [0.1, 0.15) is 6.61 Å². The average Bonchev–Trinajstić information content (AvgIpc) is 3.60. The third kappa shape index (κ3) is 5.21. The Morgan fingerprint density at radius 1 is 1.24 bits per heavy atom. The van der Waals surface area contributed by atoms with E-state index in [9.17, 15) is 4.79 Å². The molecular weight excluding hydrogens is 476 g/mol. The number of rotatable bonds is 8.